The topological polar surface area (TPSA) is 51.1 Å². The zero-order chi connectivity index (χ0) is 14.5. The van der Waals surface area contributed by atoms with Crippen molar-refractivity contribution < 1.29 is 4.74 Å². The van der Waals surface area contributed by atoms with Crippen molar-refractivity contribution in [2.75, 3.05) is 12.4 Å². The third-order valence-electron chi connectivity index (χ3n) is 2.78. The number of aromatic nitrogens is 2. The molecule has 106 valence electrons. The van der Waals surface area contributed by atoms with Gasteiger partial charge < -0.3 is 15.4 Å². The number of halogens is 1. The van der Waals surface area contributed by atoms with Gasteiger partial charge in [0.05, 0.1) is 35.7 Å². The molecule has 2 aromatic rings. The van der Waals surface area contributed by atoms with Crippen molar-refractivity contribution >= 4 is 38.9 Å². The molecule has 1 heterocycles. The van der Waals surface area contributed by atoms with Gasteiger partial charge in [-0.3, -0.25) is 4.68 Å². The van der Waals surface area contributed by atoms with Crippen LogP contribution in [0.15, 0.2) is 34.9 Å². The second kappa shape index (κ2) is 6.71. The first-order valence-electron chi connectivity index (χ1n) is 5.96. The number of methoxy groups -OCH3 is 1. The Kier molecular flexibility index (Phi) is 4.97. The average Bonchev–Trinajstić information content (AvgIpc) is 2.76. The summed E-state index contributed by atoms with van der Waals surface area (Å²) in [5, 5.41) is 10.9. The van der Waals surface area contributed by atoms with Crippen molar-refractivity contribution in [3.63, 3.8) is 0 Å². The second-order valence-corrected chi connectivity index (χ2v) is 5.33. The number of rotatable bonds is 4. The van der Waals surface area contributed by atoms with E-state index in [0.29, 0.717) is 11.7 Å². The Balaban J connectivity index is 1.96. The van der Waals surface area contributed by atoms with Gasteiger partial charge in [0.25, 0.3) is 0 Å². The summed E-state index contributed by atoms with van der Waals surface area (Å²) in [4.78, 5) is 0. The van der Waals surface area contributed by atoms with Crippen LogP contribution >= 0.6 is 28.1 Å². The fourth-order valence-corrected chi connectivity index (χ4v) is 2.38. The molecule has 1 aromatic carbocycles. The van der Waals surface area contributed by atoms with E-state index in [2.05, 4.69) is 31.7 Å². The summed E-state index contributed by atoms with van der Waals surface area (Å²) in [7, 11) is 3.52. The highest BCUT2D eigenvalue weighted by Gasteiger charge is 2.07. The standard InChI is InChI=1S/C13H15BrN4OS/c1-18-11(9(14)7-16-18)8-15-13(20)17-10-5-3-4-6-12(10)19-2/h3-7H,8H2,1-2H3,(H2,15,17,20). The molecule has 0 radical (unpaired) electrons. The minimum absolute atomic E-state index is 0.530. The van der Waals surface area contributed by atoms with Crippen LogP contribution in [0, 0.1) is 0 Å². The fourth-order valence-electron chi connectivity index (χ4n) is 1.71. The number of aryl methyl sites for hydroxylation is 1. The Morgan fingerprint density at radius 3 is 2.85 bits per heavy atom. The van der Waals surface area contributed by atoms with Crippen LogP contribution in [0.3, 0.4) is 0 Å². The smallest absolute Gasteiger partial charge is 0.171 e. The number of nitrogens with one attached hydrogen (secondary N) is 2. The van der Waals surface area contributed by atoms with E-state index in [4.69, 9.17) is 17.0 Å². The summed E-state index contributed by atoms with van der Waals surface area (Å²) in [5.74, 6) is 0.748. The molecule has 0 unspecified atom stereocenters. The van der Waals surface area contributed by atoms with Crippen LogP contribution in [0.1, 0.15) is 5.69 Å². The lowest BCUT2D eigenvalue weighted by atomic mass is 10.3. The van der Waals surface area contributed by atoms with Crippen LogP contribution in [-0.4, -0.2) is 22.0 Å². The molecule has 0 aliphatic carbocycles. The summed E-state index contributed by atoms with van der Waals surface area (Å²) >= 11 is 8.73. The van der Waals surface area contributed by atoms with Gasteiger partial charge in [0.1, 0.15) is 5.75 Å². The first-order chi connectivity index (χ1) is 9.61. The lowest BCUT2D eigenvalue weighted by molar-refractivity contribution is 0.417. The molecule has 0 fully saturated rings. The largest absolute Gasteiger partial charge is 0.495 e. The van der Waals surface area contributed by atoms with E-state index >= 15 is 0 Å². The molecule has 20 heavy (non-hydrogen) atoms. The lowest BCUT2D eigenvalue weighted by Crippen LogP contribution is -2.29. The predicted octanol–water partition coefficient (Wildman–Crippen LogP) is 2.68. The number of benzene rings is 1. The lowest BCUT2D eigenvalue weighted by Gasteiger charge is -2.13. The molecule has 0 amide bonds. The van der Waals surface area contributed by atoms with Crippen LogP contribution in [0.5, 0.6) is 5.75 Å². The van der Waals surface area contributed by atoms with Crippen LogP contribution in [-0.2, 0) is 13.6 Å². The maximum absolute atomic E-state index is 5.28. The van der Waals surface area contributed by atoms with Crippen LogP contribution in [0.2, 0.25) is 0 Å². The highest BCUT2D eigenvalue weighted by molar-refractivity contribution is 9.10. The minimum atomic E-state index is 0.530. The van der Waals surface area contributed by atoms with E-state index in [1.54, 1.807) is 18.0 Å². The molecule has 2 N–H and O–H groups in total. The molecule has 0 bridgehead atoms. The third kappa shape index (κ3) is 3.49. The highest BCUT2D eigenvalue weighted by atomic mass is 79.9. The van der Waals surface area contributed by atoms with E-state index in [1.807, 2.05) is 31.3 Å². The molecule has 0 aliphatic heterocycles. The first-order valence-corrected chi connectivity index (χ1v) is 7.16. The number of anilines is 1. The number of nitrogens with zero attached hydrogens (tertiary/aromatic N) is 2. The molecular weight excluding hydrogens is 340 g/mol. The number of para-hydroxylation sites is 2. The van der Waals surface area contributed by atoms with Crippen molar-refractivity contribution in [2.45, 2.75) is 6.54 Å². The fraction of sp³-hybridized carbons (Fsp3) is 0.231. The van der Waals surface area contributed by atoms with E-state index in [1.165, 1.54) is 0 Å². The Bertz CT molecular complexity index is 595. The molecule has 5 nitrogen and oxygen atoms in total. The number of hydrogen-bond acceptors (Lipinski definition) is 3. The maximum Gasteiger partial charge on any atom is 0.171 e. The number of thiocarbonyl (C=S) groups is 1. The van der Waals surface area contributed by atoms with Crippen LogP contribution < -0.4 is 15.4 Å². The van der Waals surface area contributed by atoms with Crippen LogP contribution in [0.25, 0.3) is 0 Å². The van der Waals surface area contributed by atoms with E-state index in [-0.39, 0.29) is 0 Å². The maximum atomic E-state index is 5.28. The summed E-state index contributed by atoms with van der Waals surface area (Å²) < 4.78 is 8.01. The Morgan fingerprint density at radius 1 is 1.45 bits per heavy atom. The number of hydrogen-bond donors (Lipinski definition) is 2. The molecule has 0 atom stereocenters. The first kappa shape index (κ1) is 14.8. The summed E-state index contributed by atoms with van der Waals surface area (Å²) in [6.07, 6.45) is 1.76. The minimum Gasteiger partial charge on any atom is -0.495 e. The van der Waals surface area contributed by atoms with E-state index in [9.17, 15) is 0 Å². The van der Waals surface area contributed by atoms with Gasteiger partial charge in [-0.05, 0) is 40.3 Å². The zero-order valence-corrected chi connectivity index (χ0v) is 13.6. The van der Waals surface area contributed by atoms with Crippen molar-refractivity contribution in [2.24, 2.45) is 7.05 Å². The van der Waals surface area contributed by atoms with Gasteiger partial charge >= 0.3 is 0 Å². The SMILES string of the molecule is COc1ccccc1NC(=S)NCc1c(Br)cnn1C. The van der Waals surface area contributed by atoms with Crippen molar-refractivity contribution in [3.05, 3.63) is 40.6 Å². The molecule has 2 rings (SSSR count). The summed E-state index contributed by atoms with van der Waals surface area (Å²) in [5.41, 5.74) is 1.85. The number of ether oxygens (including phenoxy) is 1. The van der Waals surface area contributed by atoms with Gasteiger partial charge in [0, 0.05) is 7.05 Å². The van der Waals surface area contributed by atoms with Crippen LogP contribution in [0.4, 0.5) is 5.69 Å². The second-order valence-electron chi connectivity index (χ2n) is 4.07. The predicted molar refractivity (Wildman–Crippen MR) is 87.0 cm³/mol. The van der Waals surface area contributed by atoms with E-state index < -0.39 is 0 Å². The molecule has 0 saturated heterocycles. The molecule has 7 heteroatoms. The van der Waals surface area contributed by atoms with Crippen molar-refractivity contribution in [1.29, 1.82) is 0 Å². The molecule has 0 spiro atoms. The Hall–Kier alpha value is -1.60. The Labute approximate surface area is 131 Å². The third-order valence-corrected chi connectivity index (χ3v) is 3.69. The summed E-state index contributed by atoms with van der Waals surface area (Å²) in [6, 6.07) is 7.62. The van der Waals surface area contributed by atoms with Gasteiger partial charge in [-0.25, -0.2) is 0 Å². The van der Waals surface area contributed by atoms with Gasteiger partial charge in [-0.15, -0.1) is 0 Å². The van der Waals surface area contributed by atoms with Gasteiger partial charge in [-0.2, -0.15) is 5.10 Å². The monoisotopic (exact) mass is 354 g/mol. The summed E-state index contributed by atoms with van der Waals surface area (Å²) in [6.45, 7) is 0.581. The normalized spacial score (nSPS) is 10.2. The van der Waals surface area contributed by atoms with E-state index in [0.717, 1.165) is 21.6 Å². The zero-order valence-electron chi connectivity index (χ0n) is 11.2. The van der Waals surface area contributed by atoms with Crippen molar-refractivity contribution in [3.8, 4) is 5.75 Å². The Morgan fingerprint density at radius 2 is 2.20 bits per heavy atom. The van der Waals surface area contributed by atoms with Gasteiger partial charge in [0.2, 0.25) is 0 Å². The average molecular weight is 355 g/mol. The van der Waals surface area contributed by atoms with Crippen molar-refractivity contribution in [1.82, 2.24) is 15.1 Å². The molecular formula is C13H15BrN4OS. The molecule has 1 aromatic heterocycles. The molecule has 0 saturated carbocycles. The molecule has 0 aliphatic rings. The quantitative estimate of drug-likeness (QED) is 0.826. The van der Waals surface area contributed by atoms with Gasteiger partial charge in [0.15, 0.2) is 5.11 Å². The van der Waals surface area contributed by atoms with Gasteiger partial charge in [-0.1, -0.05) is 12.1 Å². The highest BCUT2D eigenvalue weighted by Crippen LogP contribution is 2.22.